The Morgan fingerprint density at radius 1 is 1.08 bits per heavy atom. The maximum Gasteiger partial charge on any atom is 0.408 e. The third-order valence-corrected chi connectivity index (χ3v) is 15.1. The van der Waals surface area contributed by atoms with E-state index in [1.807, 2.05) is 43.3 Å². The van der Waals surface area contributed by atoms with Gasteiger partial charge in [0.05, 0.1) is 23.6 Å². The van der Waals surface area contributed by atoms with Gasteiger partial charge in [0.15, 0.2) is 5.60 Å². The second-order valence-corrected chi connectivity index (χ2v) is 20.3. The number of benzene rings is 1. The molecule has 7 atom stereocenters. The average molecular weight is 844 g/mol. The number of pyridine rings is 1. The first-order chi connectivity index (χ1) is 27.6. The summed E-state index contributed by atoms with van der Waals surface area (Å²) < 4.78 is 74.3. The number of hydrogen-bond donors (Lipinski definition) is 3. The van der Waals surface area contributed by atoms with Crippen LogP contribution in [0.4, 0.5) is 13.6 Å². The Labute approximate surface area is 343 Å². The van der Waals surface area contributed by atoms with Crippen LogP contribution in [0.2, 0.25) is 0 Å². The number of sulfonamides is 1. The third-order valence-electron chi connectivity index (χ3n) is 12.9. The van der Waals surface area contributed by atoms with Gasteiger partial charge in [-0.05, 0) is 90.0 Å². The number of fused-ring (bicyclic) bond motifs is 5. The summed E-state index contributed by atoms with van der Waals surface area (Å²) in [5, 5.41) is 6.90. The number of carbonyl (C=O) groups is 4. The summed E-state index contributed by atoms with van der Waals surface area (Å²) >= 11 is 0. The van der Waals surface area contributed by atoms with E-state index in [1.54, 1.807) is 13.8 Å². The van der Waals surface area contributed by atoms with Crippen molar-refractivity contribution < 1.29 is 50.6 Å². The van der Waals surface area contributed by atoms with Crippen molar-refractivity contribution in [3.05, 3.63) is 42.1 Å². The average Bonchev–Trinajstić information content (AvgIpc) is 4.04. The lowest BCUT2D eigenvalue weighted by molar-refractivity contribution is -0.152. The molecule has 4 amide bonds. The van der Waals surface area contributed by atoms with Gasteiger partial charge in [0.25, 0.3) is 11.8 Å². The summed E-state index contributed by atoms with van der Waals surface area (Å²) in [6, 6.07) is 4.91. The smallest absolute Gasteiger partial charge is 0.408 e. The van der Waals surface area contributed by atoms with E-state index >= 15 is 0 Å². The molecule has 2 saturated carbocycles. The van der Waals surface area contributed by atoms with E-state index in [0.29, 0.717) is 68.9 Å². The van der Waals surface area contributed by atoms with Crippen LogP contribution in [0.25, 0.3) is 10.8 Å². The molecular formula is C42H55F2N5O9S. The molecule has 5 aliphatic rings. The van der Waals surface area contributed by atoms with Crippen molar-refractivity contribution in [1.82, 2.24) is 25.2 Å². The Kier molecular flexibility index (Phi) is 11.2. The number of allylic oxidation sites excluding steroid dienone is 1. The summed E-state index contributed by atoms with van der Waals surface area (Å²) in [6.45, 7) is 8.53. The molecule has 3 N–H and O–H groups in total. The van der Waals surface area contributed by atoms with Crippen LogP contribution in [0.15, 0.2) is 36.4 Å². The minimum absolute atomic E-state index is 0.0264. The molecule has 1 aromatic carbocycles. The molecule has 0 spiro atoms. The van der Waals surface area contributed by atoms with Crippen LogP contribution in [0.5, 0.6) is 11.6 Å². The van der Waals surface area contributed by atoms with E-state index in [9.17, 15) is 36.4 Å². The monoisotopic (exact) mass is 843 g/mol. The number of alkyl halides is 2. The maximum atomic E-state index is 14.9. The molecular weight excluding hydrogens is 789 g/mol. The second-order valence-electron chi connectivity index (χ2n) is 18.1. The third kappa shape index (κ3) is 8.45. The molecule has 2 aromatic rings. The van der Waals surface area contributed by atoms with Gasteiger partial charge < -0.3 is 29.7 Å². The number of nitrogens with one attached hydrogen (secondary N) is 3. The summed E-state index contributed by atoms with van der Waals surface area (Å²) in [7, 11) is -4.05. The number of rotatable bonds is 8. The molecule has 14 nitrogen and oxygen atoms in total. The van der Waals surface area contributed by atoms with Crippen LogP contribution in [0.1, 0.15) is 98.6 Å². The van der Waals surface area contributed by atoms with Crippen LogP contribution in [-0.2, 0) is 35.6 Å². The van der Waals surface area contributed by atoms with Gasteiger partial charge in [-0.2, -0.15) is 0 Å². The number of ether oxygens (including phenoxy) is 3. The maximum absolute atomic E-state index is 14.9. The van der Waals surface area contributed by atoms with E-state index < -0.39 is 85.7 Å². The largest absolute Gasteiger partial charge is 0.491 e. The highest BCUT2D eigenvalue weighted by molar-refractivity contribution is 7.91. The minimum Gasteiger partial charge on any atom is -0.491 e. The second kappa shape index (κ2) is 15.5. The Morgan fingerprint density at radius 3 is 2.49 bits per heavy atom. The molecule has 0 bridgehead atoms. The standard InChI is InChI=1S/C42H55F2N5O9S/c1-24-12-7-8-13-26-22-42(26,37(52)48-59(54,55)40(5)17-18-40)47-34(50)31-21-27(57-35-29-15-10-9-14-28(29)33-30(45-35)16-11-19-56-33)23-49(31)36(51)32(25(2)20-24)46-38(53)58-39(3,4)41(6,43)44/h8-10,13-15,24-27,31-32H,7,11-12,16-23H2,1-6H3,(H,46,53)(H,47,50)(H,48,52)/b13-8-/t24-,25+,26?,27+,31-,32?,42+/m0/s1. The molecule has 0 radical (unpaired) electrons. The van der Waals surface area contributed by atoms with E-state index in [4.69, 9.17) is 19.2 Å². The van der Waals surface area contributed by atoms with Crippen molar-refractivity contribution in [2.45, 2.75) is 139 Å². The summed E-state index contributed by atoms with van der Waals surface area (Å²) in [4.78, 5) is 63.0. The highest BCUT2D eigenvalue weighted by atomic mass is 32.2. The quantitative estimate of drug-likeness (QED) is 0.294. The molecule has 3 aliphatic heterocycles. The highest BCUT2D eigenvalue weighted by Gasteiger charge is 2.63. The molecule has 1 saturated heterocycles. The van der Waals surface area contributed by atoms with Crippen molar-refractivity contribution in [3.8, 4) is 11.6 Å². The Morgan fingerprint density at radius 2 is 1.80 bits per heavy atom. The number of aromatic nitrogens is 1. The van der Waals surface area contributed by atoms with Gasteiger partial charge in [-0.15, -0.1) is 0 Å². The Balaban J connectivity index is 1.24. The lowest BCUT2D eigenvalue weighted by Crippen LogP contribution is -2.59. The fraction of sp³-hybridized carbons (Fsp3) is 0.643. The fourth-order valence-electron chi connectivity index (χ4n) is 8.32. The van der Waals surface area contributed by atoms with Gasteiger partial charge in [-0.1, -0.05) is 44.2 Å². The van der Waals surface area contributed by atoms with Crippen LogP contribution in [-0.4, -0.2) is 95.3 Å². The molecule has 2 unspecified atom stereocenters. The van der Waals surface area contributed by atoms with E-state index in [2.05, 4.69) is 15.4 Å². The summed E-state index contributed by atoms with van der Waals surface area (Å²) in [6.07, 6.45) is 5.72. The molecule has 59 heavy (non-hydrogen) atoms. The molecule has 322 valence electrons. The predicted octanol–water partition coefficient (Wildman–Crippen LogP) is 5.32. The zero-order valence-corrected chi connectivity index (χ0v) is 35.3. The van der Waals surface area contributed by atoms with E-state index in [0.717, 1.165) is 25.7 Å². The number of hydrogen-bond acceptors (Lipinski definition) is 10. The van der Waals surface area contributed by atoms with Crippen molar-refractivity contribution in [3.63, 3.8) is 0 Å². The fourth-order valence-corrected chi connectivity index (χ4v) is 9.64. The first kappa shape index (κ1) is 42.6. The minimum atomic E-state index is -4.05. The summed E-state index contributed by atoms with van der Waals surface area (Å²) in [5.41, 5.74) is -3.10. The van der Waals surface area contributed by atoms with Gasteiger partial charge in [-0.25, -0.2) is 27.0 Å². The van der Waals surface area contributed by atoms with Crippen molar-refractivity contribution >= 4 is 44.6 Å². The SMILES string of the molecule is C[C@H]1CC/C=C\C2C[C@@]2(C(=O)NS(=O)(=O)C2(C)CC2)NC(=O)[C@@H]2C[C@@H](Oc3nc4c(c5ccccc35)OCCC4)CN2C(=O)C(NC(=O)OC(C)(C)C(C)(F)F)[C@H](C)C1. The van der Waals surface area contributed by atoms with Gasteiger partial charge in [0.1, 0.15) is 29.5 Å². The molecule has 3 fully saturated rings. The lowest BCUT2D eigenvalue weighted by Gasteiger charge is -2.35. The van der Waals surface area contributed by atoms with Gasteiger partial charge >= 0.3 is 6.09 Å². The van der Waals surface area contributed by atoms with Crippen LogP contribution in [0, 0.1) is 17.8 Å². The highest BCUT2D eigenvalue weighted by Crippen LogP contribution is 2.48. The van der Waals surface area contributed by atoms with E-state index in [1.165, 1.54) is 4.90 Å². The lowest BCUT2D eigenvalue weighted by atomic mass is 9.88. The molecule has 2 aliphatic carbocycles. The number of alkyl carbamates (subject to hydrolysis) is 1. The summed E-state index contributed by atoms with van der Waals surface area (Å²) in [5.74, 6) is -5.72. The topological polar surface area (TPSA) is 182 Å². The van der Waals surface area contributed by atoms with Gasteiger partial charge in [0.2, 0.25) is 27.7 Å². The van der Waals surface area contributed by atoms with Crippen molar-refractivity contribution in [2.75, 3.05) is 13.2 Å². The zero-order chi connectivity index (χ0) is 42.7. The molecule has 4 heterocycles. The van der Waals surface area contributed by atoms with Crippen LogP contribution < -0.4 is 24.8 Å². The Bertz CT molecular complexity index is 2160. The van der Waals surface area contributed by atoms with Gasteiger partial charge in [0, 0.05) is 30.0 Å². The normalized spacial score (nSPS) is 30.2. The Hall–Kier alpha value is -4.54. The van der Waals surface area contributed by atoms with Crippen LogP contribution in [0.3, 0.4) is 0 Å². The van der Waals surface area contributed by atoms with Crippen LogP contribution >= 0.6 is 0 Å². The van der Waals surface area contributed by atoms with E-state index in [-0.39, 0.29) is 31.2 Å². The number of amides is 4. The first-order valence-corrected chi connectivity index (χ1v) is 22.1. The number of halogens is 2. The molecule has 17 heteroatoms. The molecule has 1 aromatic heterocycles. The van der Waals surface area contributed by atoms with Gasteiger partial charge in [-0.3, -0.25) is 19.1 Å². The zero-order valence-electron chi connectivity index (χ0n) is 34.4. The number of carbonyl (C=O) groups excluding carboxylic acids is 4. The van der Waals surface area contributed by atoms with Crippen molar-refractivity contribution in [1.29, 1.82) is 0 Å². The number of aryl methyl sites for hydroxylation is 1. The predicted molar refractivity (Wildman–Crippen MR) is 213 cm³/mol. The van der Waals surface area contributed by atoms with Crippen molar-refractivity contribution in [2.24, 2.45) is 17.8 Å². The first-order valence-electron chi connectivity index (χ1n) is 20.6. The molecule has 7 rings (SSSR count). The number of nitrogens with zero attached hydrogens (tertiary/aromatic N) is 2.